The number of amides is 6. The minimum absolute atomic E-state index is 0. The van der Waals surface area contributed by atoms with Crippen molar-refractivity contribution in [3.05, 3.63) is 139 Å². The number of aromatic amines is 2. The quantitative estimate of drug-likeness (QED) is 0.00379. The van der Waals surface area contributed by atoms with Crippen molar-refractivity contribution >= 4 is 82.7 Å². The third-order valence-corrected chi connectivity index (χ3v) is 9.67. The van der Waals surface area contributed by atoms with E-state index in [0.717, 1.165) is 13.5 Å². The molecule has 34 heteroatoms. The number of aromatic nitrogens is 4. The van der Waals surface area contributed by atoms with Gasteiger partial charge < -0.3 is 38.6 Å². The number of fused-ring (bicyclic) bond motifs is 3. The van der Waals surface area contributed by atoms with Gasteiger partial charge in [-0.1, -0.05) is 74.5 Å². The Kier molecular flexibility index (Phi) is 47.6. The van der Waals surface area contributed by atoms with Gasteiger partial charge in [-0.2, -0.15) is 5.26 Å². The second kappa shape index (κ2) is 48.0. The molecule has 0 fully saturated rings. The molecule has 5 aromatic rings. The Morgan fingerprint density at radius 2 is 1.01 bits per heavy atom. The summed E-state index contributed by atoms with van der Waals surface area (Å²) in [6.45, 7) is 1.28. The van der Waals surface area contributed by atoms with Crippen molar-refractivity contribution in [1.29, 1.82) is 5.26 Å². The molecule has 0 aliphatic carbocycles. The molecular formula is C45H60ClIK2N14O16. The van der Waals surface area contributed by atoms with Crippen LogP contribution >= 0.6 is 35.0 Å². The first-order valence-electron chi connectivity index (χ1n) is 22.5. The Morgan fingerprint density at radius 1 is 0.722 bits per heavy atom. The molecule has 8 rings (SSSR count). The Balaban J connectivity index is -0.000000296. The Labute approximate surface area is 558 Å². The molecule has 0 unspecified atom stereocenters. The van der Waals surface area contributed by atoms with Gasteiger partial charge in [0.25, 0.3) is 41.9 Å². The molecule has 6 amide bonds. The van der Waals surface area contributed by atoms with E-state index in [1.807, 2.05) is 28.7 Å². The number of carbonyl (C=O) groups is 7. The number of oxime groups is 1. The third-order valence-electron chi connectivity index (χ3n) is 9.67. The van der Waals surface area contributed by atoms with Crippen LogP contribution in [0.1, 0.15) is 115 Å². The molecule has 15 N–H and O–H groups in total. The van der Waals surface area contributed by atoms with Crippen molar-refractivity contribution < 1.29 is 174 Å². The number of aliphatic hydroxyl groups is 1. The number of aliphatic hydroxyl groups excluding tert-OH is 1. The predicted octanol–water partition coefficient (Wildman–Crippen LogP) is -5.97. The van der Waals surface area contributed by atoms with Gasteiger partial charge in [0.2, 0.25) is 0 Å². The number of hydrogen-bond acceptors (Lipinski definition) is 24. The van der Waals surface area contributed by atoms with E-state index in [2.05, 4.69) is 57.0 Å². The van der Waals surface area contributed by atoms with Crippen LogP contribution in [0.15, 0.2) is 96.6 Å². The first kappa shape index (κ1) is 78.4. The summed E-state index contributed by atoms with van der Waals surface area (Å²) in [6.07, 6.45) is 4.11. The molecule has 0 radical (unpaired) electrons. The molecule has 3 aromatic carbocycles. The molecule has 5 heterocycles. The van der Waals surface area contributed by atoms with Crippen LogP contribution in [-0.2, 0) is 22.5 Å². The molecule has 0 bridgehead atoms. The van der Waals surface area contributed by atoms with E-state index in [1.165, 1.54) is 14.7 Å². The van der Waals surface area contributed by atoms with Gasteiger partial charge in [0.1, 0.15) is 5.84 Å². The molecular weight excluding hydrogens is 1230 g/mol. The number of nitriles is 1. The smallest absolute Gasteiger partial charge is 1.00 e. The van der Waals surface area contributed by atoms with Crippen molar-refractivity contribution in [3.63, 3.8) is 0 Å². The van der Waals surface area contributed by atoms with Crippen molar-refractivity contribution in [3.8, 4) is 6.07 Å². The minimum atomic E-state index is -0.610. The summed E-state index contributed by atoms with van der Waals surface area (Å²) in [4.78, 5) is 113. The zero-order chi connectivity index (χ0) is 58.3. The number of nitrogens with zero attached hydrogens (tertiary/aromatic N) is 7. The first-order chi connectivity index (χ1) is 37.2. The molecule has 3 aliphatic rings. The molecule has 0 saturated carbocycles. The van der Waals surface area contributed by atoms with E-state index < -0.39 is 11.5 Å². The number of carbonyl (C=O) groups excluding carboxylic acids is 7. The van der Waals surface area contributed by atoms with Crippen LogP contribution < -0.4 is 149 Å². The zero-order valence-electron chi connectivity index (χ0n) is 45.2. The van der Waals surface area contributed by atoms with Gasteiger partial charge in [-0.15, -0.1) is 12.4 Å². The fraction of sp³-hybridized carbons (Fsp3) is 0.311. The predicted molar refractivity (Wildman–Crippen MR) is 281 cm³/mol. The van der Waals surface area contributed by atoms with Crippen LogP contribution in [0.5, 0.6) is 0 Å². The summed E-state index contributed by atoms with van der Waals surface area (Å²) in [7, 11) is 1.00. The fourth-order valence-electron chi connectivity index (χ4n) is 6.52. The van der Waals surface area contributed by atoms with Gasteiger partial charge in [0.15, 0.2) is 11.6 Å². The number of hydrogen-bond donors (Lipinski definition) is 10. The standard InChI is InChI=1S/C13H11N3O4.C12H13N3O3.C12H10N2O2.C5H9N3O2.CH3I.CH2O3.CH4O.ClH.2K.H4N2.H3NO.H/c17-11-8-4-1-2-5-9(8)12(18)16(11)7-3-6-10-14-13(19)20-15-10;13-10(14-18)6-3-7-15-11(16)8-4-1-2-5-9(8)12(15)17;13-7-3-4-8-14-11(15)9-5-1-2-6-10(9)12(14)16;6-3-1-2-4-7-5(9)10-8-4;1-2;2-1-4-3;1-2;;;;2*1-2;/h1-2,4-5H,3,6-7H2,(H,14,15,19);1-2,4-5,18H,3,6-7H2,(H2,13,14);1-2,5-6H,3-4,8H2;1-3,6H2,(H,7,8,9);1H3;1,3H;2H,1H3;1H;;;1-2H2;2H,1H2;/q;;;;;;;;2*+1;;;-1/p-1/i;;;;1D;;;;;;;;. The number of aryl methyl sites for hydroxylation is 2. The van der Waals surface area contributed by atoms with Crippen LogP contribution in [-0.4, -0.2) is 136 Å². The third kappa shape index (κ3) is 26.6. The number of alkyl halides is 1. The molecule has 0 atom stereocenters. The van der Waals surface area contributed by atoms with Gasteiger partial charge in [-0.25, -0.2) is 15.5 Å². The van der Waals surface area contributed by atoms with E-state index in [0.29, 0.717) is 108 Å². The van der Waals surface area contributed by atoms with Crippen molar-refractivity contribution in [2.45, 2.75) is 51.4 Å². The average molecular weight is 1290 g/mol. The van der Waals surface area contributed by atoms with Crippen LogP contribution in [0.3, 0.4) is 0 Å². The van der Waals surface area contributed by atoms with E-state index >= 15 is 0 Å². The molecule has 3 aliphatic heterocycles. The van der Waals surface area contributed by atoms with Gasteiger partial charge in [-0.05, 0) is 73.5 Å². The second-order valence-corrected chi connectivity index (χ2v) is 14.2. The van der Waals surface area contributed by atoms with E-state index in [4.69, 9.17) is 43.7 Å². The number of halogens is 2. The van der Waals surface area contributed by atoms with E-state index in [9.17, 15) is 38.4 Å². The zero-order valence-corrected chi connectivity index (χ0v) is 52.4. The number of benzene rings is 3. The topological polar surface area (TPSA) is 506 Å². The van der Waals surface area contributed by atoms with Crippen molar-refractivity contribution in [1.82, 2.24) is 35.0 Å². The number of hydrazine groups is 1. The van der Waals surface area contributed by atoms with E-state index in [1.54, 1.807) is 72.8 Å². The average Bonchev–Trinajstić information content (AvgIpc) is 4.26. The maximum Gasteiger partial charge on any atom is 1.00 e. The van der Waals surface area contributed by atoms with E-state index in [-0.39, 0.29) is 177 Å². The number of H-pyrrole nitrogens is 2. The van der Waals surface area contributed by atoms with Crippen LogP contribution in [0, 0.1) is 11.3 Å². The molecule has 30 nitrogen and oxygen atoms in total. The number of amidine groups is 1. The van der Waals surface area contributed by atoms with Crippen LogP contribution in [0.25, 0.3) is 0 Å². The Morgan fingerprint density at radius 3 is 1.27 bits per heavy atom. The summed E-state index contributed by atoms with van der Waals surface area (Å²) in [5.74, 6) is 9.82. The summed E-state index contributed by atoms with van der Waals surface area (Å²) in [5.41, 5.74) is 13.2. The van der Waals surface area contributed by atoms with Gasteiger partial charge in [0, 0.05) is 53.8 Å². The number of nitrogens with two attached hydrogens (primary N) is 5. The largest absolute Gasteiger partial charge is 1.00 e. The molecule has 422 valence electrons. The maximum atomic E-state index is 12.1. The normalized spacial score (nSPS) is 11.8. The summed E-state index contributed by atoms with van der Waals surface area (Å²) in [5, 5.41) is 48.5. The van der Waals surface area contributed by atoms with Crippen LogP contribution in [0.4, 0.5) is 0 Å². The number of unbranched alkanes of at least 4 members (excludes halogenated alkanes) is 1. The first-order valence-corrected chi connectivity index (χ1v) is 23.4. The van der Waals surface area contributed by atoms with Crippen LogP contribution in [0.2, 0.25) is 0 Å². The monoisotopic (exact) mass is 1290 g/mol. The summed E-state index contributed by atoms with van der Waals surface area (Å²) in [6, 6.07) is 22.3. The number of imide groups is 3. The number of nitrogens with one attached hydrogen (secondary N) is 2. The van der Waals surface area contributed by atoms with Gasteiger partial charge in [0.05, 0.1) is 39.4 Å². The van der Waals surface area contributed by atoms with Gasteiger partial charge >= 0.3 is 114 Å². The molecule has 2 aromatic heterocycles. The minimum Gasteiger partial charge on any atom is -1.00 e. The Hall–Kier alpha value is -4.80. The molecule has 79 heavy (non-hydrogen) atoms. The Bertz CT molecular complexity index is 2740. The van der Waals surface area contributed by atoms with Crippen molar-refractivity contribution in [2.75, 3.05) is 38.2 Å². The SMILES string of the molecule is CO.Cl.N#CCCCN1C(=O)c2ccccc2C1=O.NC(CCCN1C(=O)c2ccccc2C1=O)=NO.NCCCc1noc(=O)[nH]1.NN.NO.O=C1c2ccccc2C(=O)N1CCCc1noc(=O)[nH]1.O=CO[O-].[2H]CI.[H-].[K+].[K+]. The summed E-state index contributed by atoms with van der Waals surface area (Å²) >= 11 is 1.96. The van der Waals surface area contributed by atoms with Crippen molar-refractivity contribution in [2.24, 2.45) is 34.2 Å². The molecule has 0 spiro atoms. The molecule has 0 saturated heterocycles. The van der Waals surface area contributed by atoms with Gasteiger partial charge in [-0.3, -0.25) is 79.0 Å². The number of rotatable bonds is 15. The maximum absolute atomic E-state index is 12.1. The second-order valence-electron chi connectivity index (χ2n) is 14.2. The fourth-order valence-corrected chi connectivity index (χ4v) is 6.52. The summed E-state index contributed by atoms with van der Waals surface area (Å²) < 4.78 is 14.8.